The number of aromatic nitrogens is 2. The number of carbonyl (C=O) groups is 2. The van der Waals surface area contributed by atoms with E-state index in [0.29, 0.717) is 53.4 Å². The summed E-state index contributed by atoms with van der Waals surface area (Å²) in [5, 5.41) is 1.39. The molecule has 0 saturated heterocycles. The van der Waals surface area contributed by atoms with Gasteiger partial charge in [-0.25, -0.2) is 35.4 Å². The Kier molecular flexibility index (Phi) is 31.7. The van der Waals surface area contributed by atoms with E-state index in [-0.39, 0.29) is 99.7 Å². The number of carbonyl (C=O) groups excluding carboxylic acids is 2. The molecular weight excluding hydrogens is 1200 g/mol. The Morgan fingerprint density at radius 3 is 1.42 bits per heavy atom. The van der Waals surface area contributed by atoms with Crippen molar-refractivity contribution in [2.45, 2.75) is 58.8 Å². The largest absolute Gasteiger partial charge is 2.00 e. The van der Waals surface area contributed by atoms with Crippen LogP contribution in [0, 0.1) is 34.1 Å². The molecule has 0 aliphatic heterocycles. The van der Waals surface area contributed by atoms with E-state index in [4.69, 9.17) is 65.4 Å². The standard InChI is InChI=1S/C23H22Cl2N2O5S.C14H13BrCl2N2O3S.C11H15NO2.C3H7.CH4.ClH.Mg/c1-14-6-5-7-20(32-4)21(14)23(28)22-19(11-16(24)12-26-22)27(13-31-3)33(29,30)17-8-9-18(25)15(2)10-17;1-9-5-11(3-4-12(9)17)23(20,21)19(8-22-2)13-6-10(16)7-18-14(13)15;1-8-6-5-7-9(14-4)10(8)11(13)12(2)3;1-3-2;;;/h5-12H,13H2,1-4H3;3-7H,8H2,1-2H3;5-7H,1-4H3;3H,1-2H3;1H4;1H;/q;;;-1;;;+2/p-1. The van der Waals surface area contributed by atoms with Crippen LogP contribution < -0.4 is 30.5 Å². The normalized spacial score (nSPS) is 10.4. The molecule has 0 bridgehead atoms. The van der Waals surface area contributed by atoms with Crippen LogP contribution in [0.4, 0.5) is 11.4 Å². The summed E-state index contributed by atoms with van der Waals surface area (Å²) in [4.78, 5) is 35.2. The van der Waals surface area contributed by atoms with E-state index < -0.39 is 25.8 Å². The number of amides is 1. The van der Waals surface area contributed by atoms with Crippen LogP contribution >= 0.6 is 62.3 Å². The van der Waals surface area contributed by atoms with Gasteiger partial charge in [0.05, 0.1) is 56.6 Å². The summed E-state index contributed by atoms with van der Waals surface area (Å²) in [7, 11) is 1.19. The molecule has 0 unspecified atom stereocenters. The van der Waals surface area contributed by atoms with Gasteiger partial charge in [-0.2, -0.15) is 13.8 Å². The van der Waals surface area contributed by atoms with Gasteiger partial charge in [-0.3, -0.25) is 9.59 Å². The third kappa shape index (κ3) is 18.6. The summed E-state index contributed by atoms with van der Waals surface area (Å²) >= 11 is 27.4. The van der Waals surface area contributed by atoms with Crippen LogP contribution in [0.2, 0.25) is 20.1 Å². The zero-order chi connectivity index (χ0) is 55.0. The third-order valence-corrected chi connectivity index (χ3v) is 15.4. The number of anilines is 2. The molecule has 410 valence electrons. The molecule has 0 aliphatic rings. The van der Waals surface area contributed by atoms with Crippen molar-refractivity contribution in [3.8, 4) is 11.5 Å². The van der Waals surface area contributed by atoms with Gasteiger partial charge in [0.15, 0.2) is 0 Å². The summed E-state index contributed by atoms with van der Waals surface area (Å²) in [5.74, 6) is 0.432. The third-order valence-electron chi connectivity index (χ3n) is 10.1. The fourth-order valence-electron chi connectivity index (χ4n) is 6.49. The minimum absolute atomic E-state index is 0. The maximum absolute atomic E-state index is 13.6. The molecule has 0 N–H and O–H groups in total. The fourth-order valence-corrected chi connectivity index (χ4v) is 10.5. The molecule has 15 nitrogen and oxygen atoms in total. The van der Waals surface area contributed by atoms with Crippen molar-refractivity contribution < 1.29 is 57.8 Å². The maximum atomic E-state index is 13.6. The SMILES string of the molecule is C.COCN(c1cc(Cl)cnc1Br)S(=O)(=O)c1ccc(Cl)c(C)c1.COCN(c1cc(Cl)cnc1C(=O)c1c(C)cccc1OC)S(=O)(=O)c1ccc(Cl)c(C)c1.COc1cccc(C)c1C(=O)N(C)C.C[CH-]C.[Cl-].[Mg+2]. The second-order valence-corrected chi connectivity index (χ2v) is 21.9. The molecule has 4 aromatic carbocycles. The quantitative estimate of drug-likeness (QED) is 0.0314. The zero-order valence-electron chi connectivity index (χ0n) is 43.3. The summed E-state index contributed by atoms with van der Waals surface area (Å²) in [6.07, 6.45) is 4.70. The molecule has 0 spiro atoms. The van der Waals surface area contributed by atoms with Crippen molar-refractivity contribution >= 4 is 128 Å². The monoisotopic (exact) mass is 1260 g/mol. The molecule has 24 heteroatoms. The van der Waals surface area contributed by atoms with Gasteiger partial charge in [-0.15, -0.1) is 0 Å². The second-order valence-electron chi connectivity index (χ2n) is 15.8. The van der Waals surface area contributed by atoms with Crippen LogP contribution in [0.1, 0.15) is 69.9 Å². The van der Waals surface area contributed by atoms with E-state index >= 15 is 0 Å². The Labute approximate surface area is 499 Å². The van der Waals surface area contributed by atoms with Crippen molar-refractivity contribution in [3.63, 3.8) is 0 Å². The Hall–Kier alpha value is -3.96. The zero-order valence-corrected chi connectivity index (χ0v) is 51.8. The van der Waals surface area contributed by atoms with Crippen LogP contribution in [-0.2, 0) is 29.5 Å². The summed E-state index contributed by atoms with van der Waals surface area (Å²) in [6, 6.07) is 22.4. The minimum atomic E-state index is -4.17. The van der Waals surface area contributed by atoms with Crippen LogP contribution in [0.5, 0.6) is 11.5 Å². The first-order valence-corrected chi connectivity index (χ1v) is 26.9. The number of hydrogen-bond donors (Lipinski definition) is 0. The number of methoxy groups -OCH3 is 4. The van der Waals surface area contributed by atoms with Gasteiger partial charge >= 0.3 is 23.1 Å². The molecular formula is C52H61BrCl5MgN5O10S2. The Bertz CT molecular complexity index is 3130. The number of aryl methyl sites for hydroxylation is 4. The molecule has 6 rings (SSSR count). The van der Waals surface area contributed by atoms with Crippen LogP contribution in [0.15, 0.2) is 112 Å². The number of ether oxygens (including phenoxy) is 4. The minimum Gasteiger partial charge on any atom is -1.00 e. The molecule has 0 saturated carbocycles. The predicted octanol–water partition coefficient (Wildman–Crippen LogP) is 9.50. The van der Waals surface area contributed by atoms with E-state index in [1.165, 1.54) is 76.2 Å². The molecule has 0 aliphatic carbocycles. The molecule has 76 heavy (non-hydrogen) atoms. The van der Waals surface area contributed by atoms with Gasteiger partial charge in [0, 0.05) is 50.8 Å². The fraction of sp³-hybridized carbons (Fsp3) is 0.288. The first kappa shape index (κ1) is 72.0. The summed E-state index contributed by atoms with van der Waals surface area (Å²) in [5.41, 5.74) is 3.89. The molecule has 0 radical (unpaired) electrons. The topological polar surface area (TPSA) is 175 Å². The van der Waals surface area contributed by atoms with Crippen LogP contribution in [-0.4, -0.2) is 122 Å². The van der Waals surface area contributed by atoms with Crippen molar-refractivity contribution in [1.82, 2.24) is 14.9 Å². The van der Waals surface area contributed by atoms with Crippen molar-refractivity contribution in [1.29, 1.82) is 0 Å². The van der Waals surface area contributed by atoms with E-state index in [0.717, 1.165) is 14.2 Å². The van der Waals surface area contributed by atoms with Crippen molar-refractivity contribution in [2.24, 2.45) is 0 Å². The first-order valence-electron chi connectivity index (χ1n) is 21.7. The molecule has 2 aromatic heterocycles. The number of rotatable bonds is 15. The predicted molar refractivity (Wildman–Crippen MR) is 307 cm³/mol. The van der Waals surface area contributed by atoms with Gasteiger partial charge in [-0.1, -0.05) is 78.1 Å². The van der Waals surface area contributed by atoms with Crippen LogP contribution in [0.25, 0.3) is 0 Å². The van der Waals surface area contributed by atoms with Crippen LogP contribution in [0.3, 0.4) is 0 Å². The molecule has 0 atom stereocenters. The van der Waals surface area contributed by atoms with Gasteiger partial charge in [-0.05, 0) is 127 Å². The smallest absolute Gasteiger partial charge is 1.00 e. The summed E-state index contributed by atoms with van der Waals surface area (Å²) in [6.45, 7) is 10.5. The first-order chi connectivity index (χ1) is 34.4. The number of ketones is 1. The number of halogens is 6. The Morgan fingerprint density at radius 1 is 0.618 bits per heavy atom. The number of pyridine rings is 2. The molecule has 1 amide bonds. The number of sulfonamides is 2. The van der Waals surface area contributed by atoms with Gasteiger partial charge in [0.2, 0.25) is 5.78 Å². The maximum Gasteiger partial charge on any atom is 2.00 e. The Balaban J connectivity index is 0.00000114. The van der Waals surface area contributed by atoms with Crippen molar-refractivity contribution in [3.05, 3.63) is 168 Å². The van der Waals surface area contributed by atoms with E-state index in [9.17, 15) is 26.4 Å². The van der Waals surface area contributed by atoms with E-state index in [1.807, 2.05) is 39.3 Å². The Morgan fingerprint density at radius 2 is 1.01 bits per heavy atom. The number of hydrogen-bond acceptors (Lipinski definition) is 12. The number of nitrogens with zero attached hydrogens (tertiary/aromatic N) is 5. The van der Waals surface area contributed by atoms with Gasteiger partial charge < -0.3 is 42.7 Å². The van der Waals surface area contributed by atoms with E-state index in [1.54, 1.807) is 77.2 Å². The second kappa shape index (κ2) is 33.5. The molecule has 0 fully saturated rings. The van der Waals surface area contributed by atoms with Gasteiger partial charge in [0.1, 0.15) is 35.3 Å². The number of benzene rings is 4. The van der Waals surface area contributed by atoms with E-state index in [2.05, 4.69) is 25.9 Å². The average molecular weight is 1260 g/mol. The molecule has 6 aromatic rings. The summed E-state index contributed by atoms with van der Waals surface area (Å²) < 4.78 is 76.2. The van der Waals surface area contributed by atoms with Crippen molar-refractivity contribution in [2.75, 3.05) is 64.6 Å². The molecule has 2 heterocycles. The van der Waals surface area contributed by atoms with Gasteiger partial charge in [0.25, 0.3) is 26.0 Å². The average Bonchev–Trinajstić information content (AvgIpc) is 3.34.